The topological polar surface area (TPSA) is 61.3 Å². The van der Waals surface area contributed by atoms with Crippen molar-refractivity contribution in [3.63, 3.8) is 0 Å². The van der Waals surface area contributed by atoms with Gasteiger partial charge in [-0.2, -0.15) is 0 Å². The van der Waals surface area contributed by atoms with E-state index in [2.05, 4.69) is 15.5 Å². The molecule has 1 rings (SSSR count). The second kappa shape index (κ2) is 7.05. The Morgan fingerprint density at radius 3 is 2.81 bits per heavy atom. The first kappa shape index (κ1) is 13.7. The Morgan fingerprint density at radius 1 is 1.50 bits per heavy atom. The standard InChI is InChI=1S/C9H18N4OS2/c1-4-10-5-7(14)6-15-9-12-11-8(16-9)13(2)3/h7,10,14H,4-6H2,1-3H3. The second-order valence-corrected chi connectivity index (χ2v) is 5.74. The van der Waals surface area contributed by atoms with Gasteiger partial charge in [0.15, 0.2) is 4.34 Å². The van der Waals surface area contributed by atoms with Crippen LogP contribution in [0.1, 0.15) is 6.92 Å². The van der Waals surface area contributed by atoms with Crippen LogP contribution in [0.15, 0.2) is 4.34 Å². The number of aromatic nitrogens is 2. The maximum Gasteiger partial charge on any atom is 0.208 e. The number of hydrogen-bond donors (Lipinski definition) is 2. The van der Waals surface area contributed by atoms with Gasteiger partial charge in [-0.05, 0) is 6.54 Å². The van der Waals surface area contributed by atoms with Gasteiger partial charge in [-0.25, -0.2) is 0 Å². The van der Waals surface area contributed by atoms with Crippen molar-refractivity contribution in [2.75, 3.05) is 37.8 Å². The van der Waals surface area contributed by atoms with Crippen molar-refractivity contribution in [1.82, 2.24) is 15.5 Å². The van der Waals surface area contributed by atoms with Crippen LogP contribution in [0.5, 0.6) is 0 Å². The number of anilines is 1. The lowest BCUT2D eigenvalue weighted by Gasteiger charge is -2.08. The lowest BCUT2D eigenvalue weighted by Crippen LogP contribution is -2.28. The molecular weight excluding hydrogens is 244 g/mol. The summed E-state index contributed by atoms with van der Waals surface area (Å²) in [6.45, 7) is 3.53. The Hall–Kier alpha value is -0.370. The first-order chi connectivity index (χ1) is 7.63. The average molecular weight is 262 g/mol. The van der Waals surface area contributed by atoms with E-state index < -0.39 is 0 Å². The molecule has 92 valence electrons. The van der Waals surface area contributed by atoms with Crippen LogP contribution in [-0.2, 0) is 0 Å². The summed E-state index contributed by atoms with van der Waals surface area (Å²) in [5, 5.41) is 21.7. The van der Waals surface area contributed by atoms with Gasteiger partial charge in [-0.3, -0.25) is 0 Å². The molecule has 2 N–H and O–H groups in total. The third-order valence-electron chi connectivity index (χ3n) is 1.81. The number of likely N-dealkylation sites (N-methyl/N-ethyl adjacent to an activating group) is 1. The molecule has 16 heavy (non-hydrogen) atoms. The van der Waals surface area contributed by atoms with E-state index in [1.807, 2.05) is 25.9 Å². The SMILES string of the molecule is CCNCC(O)CSc1nnc(N(C)C)s1. The molecule has 1 aromatic heterocycles. The van der Waals surface area contributed by atoms with Crippen LogP contribution in [0, 0.1) is 0 Å². The molecule has 1 aromatic rings. The van der Waals surface area contributed by atoms with Gasteiger partial charge in [0.25, 0.3) is 0 Å². The van der Waals surface area contributed by atoms with Crippen LogP contribution in [-0.4, -0.2) is 54.3 Å². The fourth-order valence-corrected chi connectivity index (χ4v) is 2.70. The van der Waals surface area contributed by atoms with Crippen molar-refractivity contribution in [3.05, 3.63) is 0 Å². The number of aliphatic hydroxyl groups is 1. The molecule has 0 amide bonds. The highest BCUT2D eigenvalue weighted by Gasteiger charge is 2.09. The van der Waals surface area contributed by atoms with E-state index in [1.165, 1.54) is 0 Å². The summed E-state index contributed by atoms with van der Waals surface area (Å²) in [6.07, 6.45) is -0.336. The minimum Gasteiger partial charge on any atom is -0.391 e. The summed E-state index contributed by atoms with van der Waals surface area (Å²) in [5.41, 5.74) is 0. The predicted molar refractivity (Wildman–Crippen MR) is 69.5 cm³/mol. The monoisotopic (exact) mass is 262 g/mol. The molecule has 0 aliphatic heterocycles. The Morgan fingerprint density at radius 2 is 2.25 bits per heavy atom. The maximum atomic E-state index is 9.62. The van der Waals surface area contributed by atoms with Crippen molar-refractivity contribution in [2.24, 2.45) is 0 Å². The second-order valence-electron chi connectivity index (χ2n) is 3.52. The van der Waals surface area contributed by atoms with Gasteiger partial charge in [0.2, 0.25) is 5.13 Å². The zero-order valence-corrected chi connectivity index (χ0v) is 11.4. The van der Waals surface area contributed by atoms with Crippen LogP contribution in [0.25, 0.3) is 0 Å². The van der Waals surface area contributed by atoms with E-state index in [-0.39, 0.29) is 6.10 Å². The molecule has 0 fully saturated rings. The number of rotatable bonds is 7. The highest BCUT2D eigenvalue weighted by Crippen LogP contribution is 2.26. The van der Waals surface area contributed by atoms with Gasteiger partial charge in [0.1, 0.15) is 0 Å². The van der Waals surface area contributed by atoms with E-state index in [4.69, 9.17) is 0 Å². The molecule has 1 atom stereocenters. The molecular formula is C9H18N4OS2. The fourth-order valence-electron chi connectivity index (χ4n) is 0.979. The van der Waals surface area contributed by atoms with Crippen LogP contribution in [0.3, 0.4) is 0 Å². The van der Waals surface area contributed by atoms with Gasteiger partial charge >= 0.3 is 0 Å². The summed E-state index contributed by atoms with van der Waals surface area (Å²) in [5.74, 6) is 0.648. The van der Waals surface area contributed by atoms with Gasteiger partial charge in [-0.15, -0.1) is 10.2 Å². The van der Waals surface area contributed by atoms with Gasteiger partial charge in [0.05, 0.1) is 6.10 Å². The molecule has 0 aromatic carbocycles. The molecule has 7 heteroatoms. The van der Waals surface area contributed by atoms with Gasteiger partial charge in [0, 0.05) is 26.4 Å². The summed E-state index contributed by atoms with van der Waals surface area (Å²) < 4.78 is 0.902. The van der Waals surface area contributed by atoms with Crippen LogP contribution < -0.4 is 10.2 Å². The van der Waals surface area contributed by atoms with Crippen LogP contribution >= 0.6 is 23.1 Å². The normalized spacial score (nSPS) is 12.8. The lowest BCUT2D eigenvalue weighted by molar-refractivity contribution is 0.197. The minimum atomic E-state index is -0.336. The van der Waals surface area contributed by atoms with Crippen molar-refractivity contribution in [1.29, 1.82) is 0 Å². The molecule has 0 aliphatic rings. The Balaban J connectivity index is 2.31. The Bertz CT molecular complexity index is 305. The first-order valence-corrected chi connectivity index (χ1v) is 6.96. The van der Waals surface area contributed by atoms with E-state index in [0.717, 1.165) is 16.0 Å². The van der Waals surface area contributed by atoms with Crippen molar-refractivity contribution in [2.45, 2.75) is 17.4 Å². The molecule has 5 nitrogen and oxygen atoms in total. The molecule has 0 spiro atoms. The van der Waals surface area contributed by atoms with Crippen LogP contribution in [0.2, 0.25) is 0 Å². The average Bonchev–Trinajstić information content (AvgIpc) is 2.72. The fraction of sp³-hybridized carbons (Fsp3) is 0.778. The highest BCUT2D eigenvalue weighted by atomic mass is 32.2. The lowest BCUT2D eigenvalue weighted by atomic mass is 10.4. The van der Waals surface area contributed by atoms with E-state index in [9.17, 15) is 5.11 Å². The minimum absolute atomic E-state index is 0.336. The highest BCUT2D eigenvalue weighted by molar-refractivity contribution is 8.01. The molecule has 0 saturated heterocycles. The number of nitrogens with one attached hydrogen (secondary N) is 1. The molecule has 0 saturated carbocycles. The summed E-state index contributed by atoms with van der Waals surface area (Å²) in [6, 6.07) is 0. The number of nitrogens with zero attached hydrogens (tertiary/aromatic N) is 3. The molecule has 0 bridgehead atoms. The zero-order valence-electron chi connectivity index (χ0n) is 9.80. The van der Waals surface area contributed by atoms with E-state index in [1.54, 1.807) is 23.1 Å². The van der Waals surface area contributed by atoms with Crippen LogP contribution in [0.4, 0.5) is 5.13 Å². The summed E-state index contributed by atoms with van der Waals surface area (Å²) in [7, 11) is 3.88. The van der Waals surface area contributed by atoms with Crippen molar-refractivity contribution < 1.29 is 5.11 Å². The van der Waals surface area contributed by atoms with Crippen molar-refractivity contribution in [3.8, 4) is 0 Å². The maximum absolute atomic E-state index is 9.62. The first-order valence-electron chi connectivity index (χ1n) is 5.16. The third-order valence-corrected chi connectivity index (χ3v) is 4.18. The summed E-state index contributed by atoms with van der Waals surface area (Å²) in [4.78, 5) is 1.93. The number of thioether (sulfide) groups is 1. The summed E-state index contributed by atoms with van der Waals surface area (Å²) >= 11 is 3.09. The zero-order chi connectivity index (χ0) is 12.0. The Labute approximate surface area is 104 Å². The largest absolute Gasteiger partial charge is 0.391 e. The smallest absolute Gasteiger partial charge is 0.208 e. The molecule has 0 aliphatic carbocycles. The van der Waals surface area contributed by atoms with E-state index >= 15 is 0 Å². The Kier molecular flexibility index (Phi) is 6.04. The van der Waals surface area contributed by atoms with Crippen molar-refractivity contribution >= 4 is 28.2 Å². The quantitative estimate of drug-likeness (QED) is 0.704. The molecule has 0 radical (unpaired) electrons. The van der Waals surface area contributed by atoms with E-state index in [0.29, 0.717) is 12.3 Å². The molecule has 1 heterocycles. The third kappa shape index (κ3) is 4.65. The number of aliphatic hydroxyl groups excluding tert-OH is 1. The molecule has 1 unspecified atom stereocenters. The van der Waals surface area contributed by atoms with Gasteiger partial charge < -0.3 is 15.3 Å². The predicted octanol–water partition coefficient (Wildman–Crippen LogP) is 0.667. The van der Waals surface area contributed by atoms with Gasteiger partial charge in [-0.1, -0.05) is 30.0 Å². The number of hydrogen-bond acceptors (Lipinski definition) is 7.